The van der Waals surface area contributed by atoms with Crippen molar-refractivity contribution in [2.45, 2.75) is 49.2 Å². The average Bonchev–Trinajstić information content (AvgIpc) is 3.56. The molecule has 0 spiro atoms. The Hall–Kier alpha value is -3.71. The maximum Gasteiger partial charge on any atom is 0.167 e. The first-order valence-corrected chi connectivity index (χ1v) is 12.8. The average molecular weight is 530 g/mol. The third-order valence-corrected chi connectivity index (χ3v) is 7.97. The predicted molar refractivity (Wildman–Crippen MR) is 142 cm³/mol. The Morgan fingerprint density at radius 2 is 1.72 bits per heavy atom. The highest BCUT2D eigenvalue weighted by Gasteiger charge is 2.42. The van der Waals surface area contributed by atoms with Gasteiger partial charge in [-0.2, -0.15) is 0 Å². The van der Waals surface area contributed by atoms with Crippen molar-refractivity contribution < 1.29 is 30.3 Å². The number of rotatable bonds is 4. The Labute approximate surface area is 222 Å². The predicted octanol–water partition coefficient (Wildman–Crippen LogP) is 1.70. The first-order valence-electron chi connectivity index (χ1n) is 12.8. The molecule has 7 rings (SSSR count). The van der Waals surface area contributed by atoms with Gasteiger partial charge in [-0.3, -0.25) is 4.57 Å². The van der Waals surface area contributed by atoms with Crippen molar-refractivity contribution in [1.82, 2.24) is 19.5 Å². The minimum Gasteiger partial charge on any atom is -0.394 e. The molecule has 200 valence electrons. The number of benzene rings is 3. The number of hydrogen-bond donors (Lipinski definition) is 6. The molecule has 1 aliphatic heterocycles. The number of nitrogens with one attached hydrogen (secondary N) is 1. The van der Waals surface area contributed by atoms with Crippen LogP contribution in [0, 0.1) is 0 Å². The van der Waals surface area contributed by atoms with Crippen LogP contribution in [-0.4, -0.2) is 76.1 Å². The highest BCUT2D eigenvalue weighted by atomic mass is 16.5. The minimum absolute atomic E-state index is 0.265. The second-order valence-electron chi connectivity index (χ2n) is 10.2. The Morgan fingerprint density at radius 1 is 0.923 bits per heavy atom. The van der Waals surface area contributed by atoms with E-state index in [9.17, 15) is 25.5 Å². The van der Waals surface area contributed by atoms with Gasteiger partial charge in [0.25, 0.3) is 0 Å². The van der Waals surface area contributed by atoms with Gasteiger partial charge in [0, 0.05) is 6.42 Å². The quantitative estimate of drug-likeness (QED) is 0.189. The molecular formula is C28H27N5O6. The van der Waals surface area contributed by atoms with Crippen LogP contribution in [0.15, 0.2) is 61.2 Å². The van der Waals surface area contributed by atoms with E-state index in [0.29, 0.717) is 28.1 Å². The molecular weight excluding hydrogens is 502 g/mol. The van der Waals surface area contributed by atoms with E-state index in [1.807, 2.05) is 42.5 Å². The number of aromatic nitrogens is 4. The smallest absolute Gasteiger partial charge is 0.167 e. The van der Waals surface area contributed by atoms with Crippen molar-refractivity contribution in [3.8, 4) is 0 Å². The minimum atomic E-state index is -1.43. The molecule has 3 aromatic carbocycles. The molecule has 7 atom stereocenters. The van der Waals surface area contributed by atoms with Crippen LogP contribution in [0.1, 0.15) is 35.9 Å². The molecule has 0 bridgehead atoms. The number of fused-ring (bicyclic) bond motifs is 6. The summed E-state index contributed by atoms with van der Waals surface area (Å²) in [6, 6.07) is 14.8. The summed E-state index contributed by atoms with van der Waals surface area (Å²) in [6.07, 6.45) is -2.99. The Bertz CT molecular complexity index is 1710. The summed E-state index contributed by atoms with van der Waals surface area (Å²) in [5, 5.41) is 59.8. The van der Waals surface area contributed by atoms with Crippen LogP contribution in [0.4, 0.5) is 5.82 Å². The molecule has 3 heterocycles. The molecule has 2 aromatic heterocycles. The summed E-state index contributed by atoms with van der Waals surface area (Å²) in [4.78, 5) is 13.3. The maximum atomic E-state index is 11.3. The van der Waals surface area contributed by atoms with Crippen molar-refractivity contribution in [3.63, 3.8) is 0 Å². The molecule has 1 saturated heterocycles. The lowest BCUT2D eigenvalue weighted by Gasteiger charge is -2.38. The fraction of sp³-hybridized carbons (Fsp3) is 0.321. The summed E-state index contributed by atoms with van der Waals surface area (Å²) in [5.74, 6) is 0.326. The molecule has 1 fully saturated rings. The van der Waals surface area contributed by atoms with Crippen LogP contribution in [0.2, 0.25) is 0 Å². The van der Waals surface area contributed by atoms with Gasteiger partial charge in [0.2, 0.25) is 0 Å². The first kappa shape index (κ1) is 24.3. The van der Waals surface area contributed by atoms with Gasteiger partial charge in [-0.15, -0.1) is 0 Å². The molecule has 2 aliphatic rings. The fourth-order valence-electron chi connectivity index (χ4n) is 6.00. The van der Waals surface area contributed by atoms with Crippen LogP contribution < -0.4 is 5.32 Å². The zero-order valence-corrected chi connectivity index (χ0v) is 20.7. The van der Waals surface area contributed by atoms with E-state index in [1.165, 1.54) is 12.7 Å². The maximum absolute atomic E-state index is 11.3. The molecule has 0 saturated carbocycles. The number of ether oxygens (including phenoxy) is 1. The standard InChI is InChI=1S/C28H27N5O6/c34-10-18-17(35)9-19(39-18)33-12-31-23-27(29-11-30-28(23)33)32-22-21-16(24(36)26(38)25(22)37)8-7-14-6-5-13-3-1-2-4-15(13)20(14)21/h1-8,11-12,17-19,22,24-26,34-38H,9-10H2,(H,29,30,32)/t17-,18+,19+,22?,24-,25+,26+/m0/s1. The topological polar surface area (TPSA) is 166 Å². The van der Waals surface area contributed by atoms with Crippen molar-refractivity contribution in [1.29, 1.82) is 0 Å². The lowest BCUT2D eigenvalue weighted by molar-refractivity contribution is -0.0766. The molecule has 11 nitrogen and oxygen atoms in total. The molecule has 6 N–H and O–H groups in total. The van der Waals surface area contributed by atoms with E-state index >= 15 is 0 Å². The molecule has 1 aliphatic carbocycles. The number of nitrogens with zero attached hydrogens (tertiary/aromatic N) is 4. The van der Waals surface area contributed by atoms with E-state index in [4.69, 9.17) is 4.74 Å². The molecule has 1 unspecified atom stereocenters. The fourth-order valence-corrected chi connectivity index (χ4v) is 6.00. The van der Waals surface area contributed by atoms with Crippen LogP contribution in [0.25, 0.3) is 32.7 Å². The SMILES string of the molecule is OC[C@H]1O[C@@H](n2cnc3c(NC4c5c(ccc6ccc7ccccc7c56)[C@H](O)[C@@H](O)[C@@H]4O)ncnc32)C[C@@H]1O. The van der Waals surface area contributed by atoms with Gasteiger partial charge in [-0.1, -0.05) is 48.5 Å². The summed E-state index contributed by atoms with van der Waals surface area (Å²) >= 11 is 0. The second kappa shape index (κ2) is 9.19. The summed E-state index contributed by atoms with van der Waals surface area (Å²) in [7, 11) is 0. The van der Waals surface area contributed by atoms with Crippen molar-refractivity contribution >= 4 is 38.5 Å². The lowest BCUT2D eigenvalue weighted by atomic mass is 9.78. The number of anilines is 1. The third-order valence-electron chi connectivity index (χ3n) is 7.97. The van der Waals surface area contributed by atoms with Crippen LogP contribution in [-0.2, 0) is 4.74 Å². The zero-order valence-electron chi connectivity index (χ0n) is 20.7. The van der Waals surface area contributed by atoms with Crippen LogP contribution in [0.3, 0.4) is 0 Å². The van der Waals surface area contributed by atoms with Gasteiger partial charge in [-0.25, -0.2) is 15.0 Å². The molecule has 39 heavy (non-hydrogen) atoms. The number of aliphatic hydroxyl groups is 5. The summed E-state index contributed by atoms with van der Waals surface area (Å²) in [6.45, 7) is -0.304. The van der Waals surface area contributed by atoms with Gasteiger partial charge < -0.3 is 35.6 Å². The number of aliphatic hydroxyl groups excluding tert-OH is 5. The van der Waals surface area contributed by atoms with Gasteiger partial charge in [0.05, 0.1) is 25.1 Å². The van der Waals surface area contributed by atoms with E-state index in [-0.39, 0.29) is 13.0 Å². The highest BCUT2D eigenvalue weighted by molar-refractivity contribution is 6.10. The number of hydrogen-bond acceptors (Lipinski definition) is 10. The van der Waals surface area contributed by atoms with Gasteiger partial charge in [0.15, 0.2) is 17.0 Å². The van der Waals surface area contributed by atoms with E-state index in [1.54, 1.807) is 10.6 Å². The second-order valence-corrected chi connectivity index (χ2v) is 10.2. The Balaban J connectivity index is 1.36. The van der Waals surface area contributed by atoms with E-state index < -0.39 is 42.8 Å². The highest BCUT2D eigenvalue weighted by Crippen LogP contribution is 2.44. The van der Waals surface area contributed by atoms with E-state index in [2.05, 4.69) is 20.3 Å². The molecule has 0 amide bonds. The number of imidazole rings is 1. The van der Waals surface area contributed by atoms with E-state index in [0.717, 1.165) is 21.5 Å². The monoisotopic (exact) mass is 529 g/mol. The van der Waals surface area contributed by atoms with Gasteiger partial charge >= 0.3 is 0 Å². The first-order chi connectivity index (χ1) is 19.0. The molecule has 0 radical (unpaired) electrons. The summed E-state index contributed by atoms with van der Waals surface area (Å²) in [5.41, 5.74) is 2.04. The van der Waals surface area contributed by atoms with Crippen molar-refractivity contribution in [2.75, 3.05) is 11.9 Å². The van der Waals surface area contributed by atoms with Gasteiger partial charge in [-0.05, 0) is 32.7 Å². The van der Waals surface area contributed by atoms with Crippen molar-refractivity contribution in [3.05, 3.63) is 72.3 Å². The Morgan fingerprint density at radius 3 is 2.54 bits per heavy atom. The normalized spacial score (nSPS) is 28.8. The van der Waals surface area contributed by atoms with Crippen molar-refractivity contribution in [2.24, 2.45) is 0 Å². The van der Waals surface area contributed by atoms with Crippen LogP contribution in [0.5, 0.6) is 0 Å². The van der Waals surface area contributed by atoms with Crippen LogP contribution >= 0.6 is 0 Å². The summed E-state index contributed by atoms with van der Waals surface area (Å²) < 4.78 is 7.46. The molecule has 5 aromatic rings. The van der Waals surface area contributed by atoms with Gasteiger partial charge in [0.1, 0.15) is 37.0 Å². The zero-order chi connectivity index (χ0) is 26.8. The molecule has 11 heteroatoms. The Kier molecular flexibility index (Phi) is 5.74. The largest absolute Gasteiger partial charge is 0.394 e. The third kappa shape index (κ3) is 3.70. The lowest BCUT2D eigenvalue weighted by Crippen LogP contribution is -2.44.